The van der Waals surface area contributed by atoms with Gasteiger partial charge in [-0.3, -0.25) is 4.98 Å². The number of benzene rings is 6. The van der Waals surface area contributed by atoms with Crippen LogP contribution in [0.5, 0.6) is 0 Å². The van der Waals surface area contributed by atoms with Gasteiger partial charge < -0.3 is 0 Å². The Morgan fingerprint density at radius 1 is 0.415 bits per heavy atom. The number of fused-ring (bicyclic) bond motifs is 3. The molecule has 0 spiro atoms. The zero-order chi connectivity index (χ0) is 43.4. The maximum absolute atomic E-state index is 5.48. The minimum atomic E-state index is 0.707. The van der Waals surface area contributed by atoms with Crippen LogP contribution in [0.4, 0.5) is 0 Å². The lowest BCUT2D eigenvalue weighted by Crippen LogP contribution is -2.01. The lowest BCUT2D eigenvalue weighted by molar-refractivity contribution is 1.03. The Bertz CT molecular complexity index is 3400. The highest BCUT2D eigenvalue weighted by Crippen LogP contribution is 2.35. The van der Waals surface area contributed by atoms with Crippen LogP contribution in [0.2, 0.25) is 0 Å². The van der Waals surface area contributed by atoms with Gasteiger partial charge in [0.2, 0.25) is 0 Å². The molecule has 0 fully saturated rings. The third-order valence-electron chi connectivity index (χ3n) is 12.1. The van der Waals surface area contributed by atoms with Crippen LogP contribution in [0.1, 0.15) is 40.1 Å². The molecule has 0 N–H and O–H groups in total. The number of aromatic nitrogens is 5. The van der Waals surface area contributed by atoms with Crippen molar-refractivity contribution in [2.45, 2.75) is 19.3 Å². The van der Waals surface area contributed by atoms with E-state index >= 15 is 0 Å². The zero-order valence-corrected chi connectivity index (χ0v) is 35.7. The van der Waals surface area contributed by atoms with E-state index in [1.54, 1.807) is 0 Å². The lowest BCUT2D eigenvalue weighted by atomic mass is 9.95. The molecule has 1 aliphatic rings. The quantitative estimate of drug-likeness (QED) is 0.128. The van der Waals surface area contributed by atoms with Crippen LogP contribution in [-0.2, 0) is 12.8 Å². The minimum Gasteiger partial charge on any atom is -0.265 e. The summed E-state index contributed by atoms with van der Waals surface area (Å²) in [5.41, 5.74) is 17.9. The van der Waals surface area contributed by atoms with Crippen LogP contribution in [-0.4, -0.2) is 24.9 Å². The number of rotatable bonds is 10. The Morgan fingerprint density at radius 3 is 1.80 bits per heavy atom. The van der Waals surface area contributed by atoms with Crippen molar-refractivity contribution in [2.75, 3.05) is 0 Å². The van der Waals surface area contributed by atoms with Crippen molar-refractivity contribution < 1.29 is 0 Å². The molecular formula is C60H43N5. The number of hydrogen-bond donors (Lipinski definition) is 0. The highest BCUT2D eigenvalue weighted by molar-refractivity contribution is 6.04. The van der Waals surface area contributed by atoms with E-state index in [0.29, 0.717) is 12.2 Å². The first-order valence-corrected chi connectivity index (χ1v) is 22.1. The molecule has 308 valence electrons. The summed E-state index contributed by atoms with van der Waals surface area (Å²) in [6, 6.07) is 65.9. The van der Waals surface area contributed by atoms with Crippen molar-refractivity contribution in [3.63, 3.8) is 0 Å². The molecular weight excluding hydrogens is 791 g/mol. The van der Waals surface area contributed by atoms with Crippen molar-refractivity contribution in [2.24, 2.45) is 0 Å². The van der Waals surface area contributed by atoms with Crippen LogP contribution < -0.4 is 0 Å². The molecule has 1 aliphatic carbocycles. The van der Waals surface area contributed by atoms with E-state index in [-0.39, 0.29) is 0 Å². The van der Waals surface area contributed by atoms with E-state index in [1.807, 2.05) is 24.5 Å². The highest BCUT2D eigenvalue weighted by Gasteiger charge is 2.16. The predicted octanol–water partition coefficient (Wildman–Crippen LogP) is 14.2. The minimum absolute atomic E-state index is 0.707. The fraction of sp³-hybridized carbons (Fsp3) is 0.0500. The van der Waals surface area contributed by atoms with Gasteiger partial charge in [-0.05, 0) is 88.2 Å². The van der Waals surface area contributed by atoms with E-state index < -0.39 is 0 Å². The second-order valence-corrected chi connectivity index (χ2v) is 16.4. The average Bonchev–Trinajstić information content (AvgIpc) is 3.64. The van der Waals surface area contributed by atoms with Gasteiger partial charge in [-0.2, -0.15) is 0 Å². The van der Waals surface area contributed by atoms with Crippen molar-refractivity contribution >= 4 is 33.0 Å². The van der Waals surface area contributed by atoms with Gasteiger partial charge in [-0.15, -0.1) is 0 Å². The van der Waals surface area contributed by atoms with Gasteiger partial charge in [0.1, 0.15) is 0 Å². The molecule has 0 bridgehead atoms. The number of nitrogens with zero attached hydrogens (tertiary/aromatic N) is 5. The second kappa shape index (κ2) is 17.8. The summed E-state index contributed by atoms with van der Waals surface area (Å²) in [4.78, 5) is 25.3. The molecule has 6 aromatic carbocycles. The van der Waals surface area contributed by atoms with Gasteiger partial charge in [-0.25, -0.2) is 19.9 Å². The zero-order valence-electron chi connectivity index (χ0n) is 35.7. The molecule has 4 heterocycles. The van der Waals surface area contributed by atoms with Crippen molar-refractivity contribution in [1.29, 1.82) is 0 Å². The van der Waals surface area contributed by atoms with Gasteiger partial charge in [0.25, 0.3) is 0 Å². The molecule has 5 nitrogen and oxygen atoms in total. The van der Waals surface area contributed by atoms with Crippen LogP contribution in [0.15, 0.2) is 225 Å². The predicted molar refractivity (Wildman–Crippen MR) is 267 cm³/mol. The molecule has 0 saturated heterocycles. The molecule has 4 aromatic heterocycles. The molecule has 0 amide bonds. The summed E-state index contributed by atoms with van der Waals surface area (Å²) in [7, 11) is 0. The molecule has 5 heteroatoms. The van der Waals surface area contributed by atoms with Gasteiger partial charge in [0.15, 0.2) is 5.82 Å². The smallest absolute Gasteiger partial charge is 0.160 e. The van der Waals surface area contributed by atoms with E-state index in [2.05, 4.69) is 205 Å². The van der Waals surface area contributed by atoms with Gasteiger partial charge in [0, 0.05) is 57.5 Å². The number of allylic oxidation sites excluding steroid dienone is 6. The number of hydrogen-bond acceptors (Lipinski definition) is 5. The normalized spacial score (nSPS) is 12.5. The average molecular weight is 834 g/mol. The largest absolute Gasteiger partial charge is 0.265 e. The van der Waals surface area contributed by atoms with Crippen LogP contribution in [0, 0.1) is 0 Å². The van der Waals surface area contributed by atoms with Gasteiger partial charge in [0.05, 0.1) is 28.1 Å². The molecule has 0 unspecified atom stereocenters. The first-order valence-electron chi connectivity index (χ1n) is 22.1. The maximum Gasteiger partial charge on any atom is 0.160 e. The van der Waals surface area contributed by atoms with Crippen LogP contribution in [0.25, 0.3) is 78.0 Å². The summed E-state index contributed by atoms with van der Waals surface area (Å²) >= 11 is 0. The van der Waals surface area contributed by atoms with Gasteiger partial charge in [-0.1, -0.05) is 176 Å². The molecule has 0 radical (unpaired) electrons. The van der Waals surface area contributed by atoms with E-state index in [1.165, 1.54) is 16.7 Å². The summed E-state index contributed by atoms with van der Waals surface area (Å²) in [6.45, 7) is 0. The molecule has 0 saturated carbocycles. The Balaban J connectivity index is 0.961. The number of pyridine rings is 3. The molecule has 10 aromatic rings. The first-order chi connectivity index (χ1) is 32.2. The fourth-order valence-electron chi connectivity index (χ4n) is 8.70. The molecule has 0 atom stereocenters. The Labute approximate surface area is 379 Å². The van der Waals surface area contributed by atoms with Crippen LogP contribution >= 0.6 is 0 Å². The van der Waals surface area contributed by atoms with E-state index in [0.717, 1.165) is 102 Å². The van der Waals surface area contributed by atoms with Crippen molar-refractivity contribution in [3.8, 4) is 45.0 Å². The van der Waals surface area contributed by atoms with Crippen molar-refractivity contribution in [3.05, 3.63) is 258 Å². The summed E-state index contributed by atoms with van der Waals surface area (Å²) in [5, 5.41) is 2.13. The molecule has 11 rings (SSSR count). The Hall–Kier alpha value is -8.41. The summed E-state index contributed by atoms with van der Waals surface area (Å²) in [5.74, 6) is 0.714. The topological polar surface area (TPSA) is 64.5 Å². The monoisotopic (exact) mass is 833 g/mol. The van der Waals surface area contributed by atoms with E-state index in [4.69, 9.17) is 19.9 Å². The first kappa shape index (κ1) is 39.4. The van der Waals surface area contributed by atoms with Crippen molar-refractivity contribution in [1.82, 2.24) is 24.9 Å². The SMILES string of the molecule is C1=CC(c2cc(Cc3ccccc3)nc(-c3ccc(-c4ccccc4)cc3)n2)=CC(c2ccc(-c3nc4c(ccc5ccc(-c6ccccc6)nc54)cc3Cc3ccncc3)cc2)=CC1. The standard InChI is InChI=1S/C60H43N5/c1-4-12-41(13-5-1)37-54-40-56(64-60(62-54)49-27-22-44(23-28-49)43-14-6-2-7-15-43)51-19-11-10-18-50(38-51)45-20-24-47(25-21-45)57-53(36-42-32-34-61-35-33-42)39-52-29-26-48-30-31-55(46-16-8-3-9-17-46)63-58(48)59(52)65-57/h1-9,11-35,38-40H,10,36-37H2. The van der Waals surface area contributed by atoms with Crippen LogP contribution in [0.3, 0.4) is 0 Å². The fourth-order valence-corrected chi connectivity index (χ4v) is 8.70. The second-order valence-electron chi connectivity index (χ2n) is 16.4. The van der Waals surface area contributed by atoms with Gasteiger partial charge >= 0.3 is 0 Å². The molecule has 0 aliphatic heterocycles. The lowest BCUT2D eigenvalue weighted by Gasteiger charge is -2.14. The third-order valence-corrected chi connectivity index (χ3v) is 12.1. The maximum atomic E-state index is 5.48. The third kappa shape index (κ3) is 8.56. The highest BCUT2D eigenvalue weighted by atomic mass is 14.9. The summed E-state index contributed by atoms with van der Waals surface area (Å²) in [6.07, 6.45) is 14.9. The Kier molecular flexibility index (Phi) is 10.8. The van der Waals surface area contributed by atoms with E-state index in [9.17, 15) is 0 Å². The summed E-state index contributed by atoms with van der Waals surface area (Å²) < 4.78 is 0. The molecule has 65 heavy (non-hydrogen) atoms. The Morgan fingerprint density at radius 2 is 1.03 bits per heavy atom.